The van der Waals surface area contributed by atoms with Crippen molar-refractivity contribution in [3.05, 3.63) is 63.6 Å². The molecule has 0 saturated carbocycles. The third-order valence-corrected chi connectivity index (χ3v) is 5.91. The SMILES string of the molecule is Cc1ccc(CN(C(=O)COc2ccc(C(C)(C)C)cc2Br)[C@@H](C)C(=O)NC(C)(C)C)cc1. The maximum atomic E-state index is 13.2. The Hall–Kier alpha value is -2.34. The number of halogens is 1. The van der Waals surface area contributed by atoms with E-state index in [0.29, 0.717) is 12.3 Å². The third kappa shape index (κ3) is 8.18. The maximum Gasteiger partial charge on any atom is 0.261 e. The lowest BCUT2D eigenvalue weighted by atomic mass is 9.87. The van der Waals surface area contributed by atoms with Crippen LogP contribution in [0.1, 0.15) is 65.2 Å². The molecule has 0 aliphatic carbocycles. The standard InChI is InChI=1S/C27H37BrN2O3/c1-18-9-11-20(12-10-18)16-30(19(2)25(32)29-27(6,7)8)24(31)17-33-23-14-13-21(15-22(23)28)26(3,4)5/h9-15,19H,16-17H2,1-8H3,(H,29,32)/t19-/m0/s1. The Morgan fingerprint density at radius 2 is 1.64 bits per heavy atom. The van der Waals surface area contributed by atoms with E-state index >= 15 is 0 Å². The number of ether oxygens (including phenoxy) is 1. The van der Waals surface area contributed by atoms with Crippen molar-refractivity contribution < 1.29 is 14.3 Å². The summed E-state index contributed by atoms with van der Waals surface area (Å²) >= 11 is 3.56. The van der Waals surface area contributed by atoms with Crippen LogP contribution in [0.3, 0.4) is 0 Å². The molecular formula is C27H37BrN2O3. The van der Waals surface area contributed by atoms with Gasteiger partial charge in [0.1, 0.15) is 11.8 Å². The van der Waals surface area contributed by atoms with E-state index in [0.717, 1.165) is 15.6 Å². The highest BCUT2D eigenvalue weighted by atomic mass is 79.9. The monoisotopic (exact) mass is 516 g/mol. The van der Waals surface area contributed by atoms with Crippen LogP contribution in [0.2, 0.25) is 0 Å². The summed E-state index contributed by atoms with van der Waals surface area (Å²) in [6.45, 7) is 16.1. The Morgan fingerprint density at radius 3 is 2.15 bits per heavy atom. The van der Waals surface area contributed by atoms with Gasteiger partial charge in [0.05, 0.1) is 4.47 Å². The molecule has 0 spiro atoms. The van der Waals surface area contributed by atoms with Gasteiger partial charge in [0.15, 0.2) is 6.61 Å². The Balaban J connectivity index is 2.20. The second-order valence-electron chi connectivity index (χ2n) is 10.6. The molecule has 0 unspecified atom stereocenters. The molecule has 0 saturated heterocycles. The number of nitrogens with one attached hydrogen (secondary N) is 1. The predicted molar refractivity (Wildman–Crippen MR) is 137 cm³/mol. The molecule has 2 aromatic carbocycles. The van der Waals surface area contributed by atoms with Gasteiger partial charge < -0.3 is 15.0 Å². The molecule has 180 valence electrons. The van der Waals surface area contributed by atoms with Gasteiger partial charge in [0.2, 0.25) is 5.91 Å². The van der Waals surface area contributed by atoms with E-state index < -0.39 is 6.04 Å². The molecule has 0 aliphatic rings. The molecule has 33 heavy (non-hydrogen) atoms. The van der Waals surface area contributed by atoms with Crippen molar-refractivity contribution in [3.63, 3.8) is 0 Å². The number of hydrogen-bond acceptors (Lipinski definition) is 3. The number of hydrogen-bond donors (Lipinski definition) is 1. The number of benzene rings is 2. The quantitative estimate of drug-likeness (QED) is 0.508. The van der Waals surface area contributed by atoms with E-state index in [1.807, 2.05) is 70.2 Å². The normalized spacial score (nSPS) is 12.8. The highest BCUT2D eigenvalue weighted by molar-refractivity contribution is 9.10. The van der Waals surface area contributed by atoms with Gasteiger partial charge >= 0.3 is 0 Å². The van der Waals surface area contributed by atoms with E-state index in [1.54, 1.807) is 11.8 Å². The second kappa shape index (κ2) is 10.7. The third-order valence-electron chi connectivity index (χ3n) is 5.29. The lowest BCUT2D eigenvalue weighted by Gasteiger charge is -2.31. The molecule has 1 N–H and O–H groups in total. The van der Waals surface area contributed by atoms with Crippen molar-refractivity contribution in [2.24, 2.45) is 0 Å². The Morgan fingerprint density at radius 1 is 1.03 bits per heavy atom. The van der Waals surface area contributed by atoms with E-state index in [9.17, 15) is 9.59 Å². The zero-order valence-corrected chi connectivity index (χ0v) is 22.7. The van der Waals surface area contributed by atoms with Crippen molar-refractivity contribution >= 4 is 27.7 Å². The molecule has 1 atom stereocenters. The van der Waals surface area contributed by atoms with Gasteiger partial charge in [-0.15, -0.1) is 0 Å². The number of rotatable bonds is 7. The van der Waals surface area contributed by atoms with Gasteiger partial charge in [-0.1, -0.05) is 56.7 Å². The molecule has 0 aromatic heterocycles. The first-order valence-corrected chi connectivity index (χ1v) is 12.1. The van der Waals surface area contributed by atoms with E-state index in [1.165, 1.54) is 5.56 Å². The summed E-state index contributed by atoms with van der Waals surface area (Å²) in [7, 11) is 0. The van der Waals surface area contributed by atoms with Crippen LogP contribution in [-0.2, 0) is 21.5 Å². The minimum Gasteiger partial charge on any atom is -0.483 e. The van der Waals surface area contributed by atoms with Crippen LogP contribution in [0, 0.1) is 6.92 Å². The van der Waals surface area contributed by atoms with Gasteiger partial charge in [-0.2, -0.15) is 0 Å². The summed E-state index contributed by atoms with van der Waals surface area (Å²) in [4.78, 5) is 27.7. The van der Waals surface area contributed by atoms with Crippen LogP contribution in [0.25, 0.3) is 0 Å². The van der Waals surface area contributed by atoms with E-state index in [2.05, 4.69) is 42.0 Å². The van der Waals surface area contributed by atoms with Gasteiger partial charge in [0.25, 0.3) is 5.91 Å². The largest absolute Gasteiger partial charge is 0.483 e. The Bertz CT molecular complexity index is 972. The molecule has 0 radical (unpaired) electrons. The first-order valence-electron chi connectivity index (χ1n) is 11.3. The average Bonchev–Trinajstić information content (AvgIpc) is 2.69. The summed E-state index contributed by atoms with van der Waals surface area (Å²) in [5.41, 5.74) is 2.89. The van der Waals surface area contributed by atoms with Crippen LogP contribution in [0.5, 0.6) is 5.75 Å². The molecule has 2 amide bonds. The fourth-order valence-corrected chi connectivity index (χ4v) is 3.75. The highest BCUT2D eigenvalue weighted by Crippen LogP contribution is 2.31. The molecule has 0 heterocycles. The Kier molecular flexibility index (Phi) is 8.75. The molecule has 0 fully saturated rings. The topological polar surface area (TPSA) is 58.6 Å². The molecule has 0 bridgehead atoms. The molecule has 2 aromatic rings. The maximum absolute atomic E-state index is 13.2. The van der Waals surface area contributed by atoms with Crippen LogP contribution in [0.15, 0.2) is 46.9 Å². The summed E-state index contributed by atoms with van der Waals surface area (Å²) in [5, 5.41) is 2.97. The number of carbonyl (C=O) groups excluding carboxylic acids is 2. The van der Waals surface area contributed by atoms with Crippen LogP contribution in [0.4, 0.5) is 0 Å². The van der Waals surface area contributed by atoms with E-state index in [-0.39, 0.29) is 29.4 Å². The lowest BCUT2D eigenvalue weighted by molar-refractivity contribution is -0.142. The van der Waals surface area contributed by atoms with Crippen molar-refractivity contribution in [3.8, 4) is 5.75 Å². The zero-order valence-electron chi connectivity index (χ0n) is 21.1. The molecule has 5 nitrogen and oxygen atoms in total. The molecule has 0 aliphatic heterocycles. The number of amides is 2. The smallest absolute Gasteiger partial charge is 0.261 e. The molecule has 2 rings (SSSR count). The molecular weight excluding hydrogens is 480 g/mol. The van der Waals surface area contributed by atoms with Gasteiger partial charge in [0, 0.05) is 12.1 Å². The summed E-state index contributed by atoms with van der Waals surface area (Å²) in [5.74, 6) is 0.149. The van der Waals surface area contributed by atoms with Crippen molar-refractivity contribution in [1.29, 1.82) is 0 Å². The Labute approximate surface area is 207 Å². The summed E-state index contributed by atoms with van der Waals surface area (Å²) in [6.07, 6.45) is 0. The fraction of sp³-hybridized carbons (Fsp3) is 0.481. The van der Waals surface area contributed by atoms with Crippen LogP contribution < -0.4 is 10.1 Å². The van der Waals surface area contributed by atoms with Gasteiger partial charge in [-0.25, -0.2) is 0 Å². The van der Waals surface area contributed by atoms with Crippen LogP contribution in [-0.4, -0.2) is 34.9 Å². The van der Waals surface area contributed by atoms with Gasteiger partial charge in [-0.05, 0) is 79.2 Å². The number of aryl methyl sites for hydroxylation is 1. The van der Waals surface area contributed by atoms with Crippen molar-refractivity contribution in [1.82, 2.24) is 10.2 Å². The predicted octanol–water partition coefficient (Wildman–Crippen LogP) is 5.77. The van der Waals surface area contributed by atoms with Crippen LogP contribution >= 0.6 is 15.9 Å². The number of carbonyl (C=O) groups is 2. The van der Waals surface area contributed by atoms with E-state index in [4.69, 9.17) is 4.74 Å². The average molecular weight is 518 g/mol. The highest BCUT2D eigenvalue weighted by Gasteiger charge is 2.29. The fourth-order valence-electron chi connectivity index (χ4n) is 3.25. The summed E-state index contributed by atoms with van der Waals surface area (Å²) < 4.78 is 6.66. The first-order chi connectivity index (χ1) is 15.2. The van der Waals surface area contributed by atoms with Crippen molar-refractivity contribution in [2.45, 2.75) is 78.9 Å². The summed E-state index contributed by atoms with van der Waals surface area (Å²) in [6, 6.07) is 13.2. The lowest BCUT2D eigenvalue weighted by Crippen LogP contribution is -2.53. The minimum absolute atomic E-state index is 0.0115. The number of nitrogens with zero attached hydrogens (tertiary/aromatic N) is 1. The van der Waals surface area contributed by atoms with Crippen molar-refractivity contribution in [2.75, 3.05) is 6.61 Å². The first kappa shape index (κ1) is 26.9. The van der Waals surface area contributed by atoms with Gasteiger partial charge in [-0.3, -0.25) is 9.59 Å². The minimum atomic E-state index is -0.645. The zero-order chi connectivity index (χ0) is 25.0. The second-order valence-corrected chi connectivity index (χ2v) is 11.5. The molecule has 6 heteroatoms.